The molecular formula is C54H53N5O. The molecule has 9 aliphatic rings. The number of rotatable bonds is 6. The van der Waals surface area contributed by atoms with Gasteiger partial charge in [0.05, 0.1) is 24.3 Å². The van der Waals surface area contributed by atoms with Gasteiger partial charge in [-0.15, -0.1) is 0 Å². The van der Waals surface area contributed by atoms with Gasteiger partial charge in [0.15, 0.2) is 6.23 Å². The fourth-order valence-electron chi connectivity index (χ4n) is 11.5. The summed E-state index contributed by atoms with van der Waals surface area (Å²) in [7, 11) is 0. The van der Waals surface area contributed by atoms with Crippen molar-refractivity contribution in [1.29, 1.82) is 0 Å². The van der Waals surface area contributed by atoms with Gasteiger partial charge in [0.2, 0.25) is 0 Å². The molecular weight excluding hydrogens is 735 g/mol. The molecule has 300 valence electrons. The Bertz CT molecular complexity index is 2510. The number of allylic oxidation sites excluding steroid dienone is 11. The van der Waals surface area contributed by atoms with Crippen LogP contribution in [0.2, 0.25) is 0 Å². The molecule has 6 heteroatoms. The van der Waals surface area contributed by atoms with E-state index in [1.807, 2.05) is 0 Å². The molecule has 12 rings (SSSR count). The quantitative estimate of drug-likeness (QED) is 0.187. The summed E-state index contributed by atoms with van der Waals surface area (Å²) in [6, 6.07) is 29.5. The molecule has 4 heterocycles. The van der Waals surface area contributed by atoms with Crippen LogP contribution in [-0.4, -0.2) is 24.4 Å². The number of hydrogen-bond acceptors (Lipinski definition) is 6. The third-order valence-corrected chi connectivity index (χ3v) is 14.5. The number of anilines is 2. The summed E-state index contributed by atoms with van der Waals surface area (Å²) < 4.78 is 6.68. The SMILES string of the molecule is C1=CCC2C(=C1)NC(C1=CCC(C3=CC(c4cccc(N5c6ccccc6C6C=CC=CC65)c4)NC(C4C=CC=CC4)N3)CC1)C1=CCC3OC(c4ccccc4)NC3=C12. The van der Waals surface area contributed by atoms with E-state index in [1.165, 1.54) is 61.9 Å². The summed E-state index contributed by atoms with van der Waals surface area (Å²) in [5, 5.41) is 16.1. The third-order valence-electron chi connectivity index (χ3n) is 14.5. The lowest BCUT2D eigenvalue weighted by molar-refractivity contribution is 0.0451. The normalized spacial score (nSPS) is 33.2. The molecule has 4 aliphatic heterocycles. The summed E-state index contributed by atoms with van der Waals surface area (Å²) in [5.41, 5.74) is 14.9. The highest BCUT2D eigenvalue weighted by molar-refractivity contribution is 5.75. The van der Waals surface area contributed by atoms with Gasteiger partial charge in [0, 0.05) is 57.7 Å². The average molecular weight is 788 g/mol. The number of piperidine rings is 1. The Balaban J connectivity index is 0.837. The van der Waals surface area contributed by atoms with E-state index >= 15 is 0 Å². The van der Waals surface area contributed by atoms with Gasteiger partial charge in [0.25, 0.3) is 0 Å². The summed E-state index contributed by atoms with van der Waals surface area (Å²) in [4.78, 5) is 2.55. The van der Waals surface area contributed by atoms with Crippen molar-refractivity contribution in [1.82, 2.24) is 21.3 Å². The predicted octanol–water partition coefficient (Wildman–Crippen LogP) is 10.4. The van der Waals surface area contributed by atoms with Crippen LogP contribution in [0.15, 0.2) is 198 Å². The Morgan fingerprint density at radius 3 is 2.47 bits per heavy atom. The number of ether oxygens (including phenoxy) is 1. The first-order chi connectivity index (χ1) is 29.7. The number of benzene rings is 3. The van der Waals surface area contributed by atoms with Crippen molar-refractivity contribution >= 4 is 11.4 Å². The molecule has 10 atom stereocenters. The molecule has 3 aromatic carbocycles. The molecule has 0 bridgehead atoms. The van der Waals surface area contributed by atoms with Gasteiger partial charge in [-0.1, -0.05) is 134 Å². The summed E-state index contributed by atoms with van der Waals surface area (Å²) >= 11 is 0. The summed E-state index contributed by atoms with van der Waals surface area (Å²) in [6.07, 6.45) is 38.9. The van der Waals surface area contributed by atoms with Crippen molar-refractivity contribution in [2.75, 3.05) is 4.90 Å². The van der Waals surface area contributed by atoms with Crippen LogP contribution in [0.1, 0.15) is 73.4 Å². The first-order valence-corrected chi connectivity index (χ1v) is 22.4. The van der Waals surface area contributed by atoms with E-state index in [4.69, 9.17) is 4.74 Å². The van der Waals surface area contributed by atoms with Crippen LogP contribution in [0.3, 0.4) is 0 Å². The molecule has 0 radical (unpaired) electrons. The molecule has 2 fully saturated rings. The molecule has 5 aliphatic carbocycles. The zero-order valence-electron chi connectivity index (χ0n) is 34.0. The Morgan fingerprint density at radius 1 is 0.700 bits per heavy atom. The van der Waals surface area contributed by atoms with Crippen molar-refractivity contribution in [2.24, 2.45) is 17.8 Å². The van der Waals surface area contributed by atoms with Gasteiger partial charge in [-0.25, -0.2) is 0 Å². The van der Waals surface area contributed by atoms with Crippen LogP contribution in [0.5, 0.6) is 0 Å². The zero-order chi connectivity index (χ0) is 39.6. The van der Waals surface area contributed by atoms with E-state index in [9.17, 15) is 0 Å². The third kappa shape index (κ3) is 6.22. The number of nitrogens with zero attached hydrogens (tertiary/aromatic N) is 1. The van der Waals surface area contributed by atoms with Crippen molar-refractivity contribution < 1.29 is 4.74 Å². The van der Waals surface area contributed by atoms with Gasteiger partial charge >= 0.3 is 0 Å². The molecule has 6 nitrogen and oxygen atoms in total. The van der Waals surface area contributed by atoms with Crippen LogP contribution in [0.25, 0.3) is 0 Å². The first-order valence-electron chi connectivity index (χ1n) is 22.4. The first kappa shape index (κ1) is 36.1. The molecule has 4 N–H and O–H groups in total. The highest BCUT2D eigenvalue weighted by Gasteiger charge is 2.44. The smallest absolute Gasteiger partial charge is 0.154 e. The number of nitrogens with one attached hydrogen (secondary N) is 4. The monoisotopic (exact) mass is 787 g/mol. The molecule has 0 aromatic heterocycles. The number of fused-ring (bicyclic) bond motifs is 7. The van der Waals surface area contributed by atoms with E-state index in [2.05, 4.69) is 190 Å². The maximum absolute atomic E-state index is 6.68. The second kappa shape index (κ2) is 15.0. The lowest BCUT2D eigenvalue weighted by atomic mass is 9.71. The maximum Gasteiger partial charge on any atom is 0.154 e. The zero-order valence-corrected chi connectivity index (χ0v) is 34.0. The fourth-order valence-corrected chi connectivity index (χ4v) is 11.5. The van der Waals surface area contributed by atoms with E-state index in [0.29, 0.717) is 23.7 Å². The van der Waals surface area contributed by atoms with Gasteiger partial charge in [-0.3, -0.25) is 5.32 Å². The molecule has 0 spiro atoms. The van der Waals surface area contributed by atoms with Crippen molar-refractivity contribution in [3.63, 3.8) is 0 Å². The Hall–Kier alpha value is -5.82. The standard InChI is InChI=1S/C54H53N5O/c1-3-14-36(15-4-1)53-56-45(33-46(57-53)38-18-13-19-39(32-38)59-47-24-11-8-20-40(47)41-21-9-12-25-48(41)59)34-26-28-35(29-27-34)51-43-30-31-49-52(50(43)42-22-7-10-23-44(42)55-51)58-54(60-49)37-16-5-2-6-17-37/h1-14,16-21,23-25,28,30,32-34,36,40,42,46-47,49,51,53-58H,15,22,26-27,29,31H2. The minimum Gasteiger partial charge on any atom is -0.377 e. The lowest BCUT2D eigenvalue weighted by Gasteiger charge is -2.44. The Labute approximate surface area is 354 Å². The fraction of sp³-hybridized carbons (Fsp3) is 0.296. The van der Waals surface area contributed by atoms with Gasteiger partial charge < -0.3 is 25.6 Å². The van der Waals surface area contributed by atoms with Crippen molar-refractivity contribution in [3.05, 3.63) is 214 Å². The number of para-hydroxylation sites is 1. The van der Waals surface area contributed by atoms with Crippen LogP contribution >= 0.6 is 0 Å². The van der Waals surface area contributed by atoms with Crippen molar-refractivity contribution in [3.8, 4) is 0 Å². The number of hydrogen-bond donors (Lipinski definition) is 4. The van der Waals surface area contributed by atoms with E-state index < -0.39 is 0 Å². The van der Waals surface area contributed by atoms with Crippen LogP contribution in [0, 0.1) is 17.8 Å². The van der Waals surface area contributed by atoms with E-state index in [1.54, 1.807) is 0 Å². The van der Waals surface area contributed by atoms with Crippen LogP contribution < -0.4 is 26.2 Å². The maximum atomic E-state index is 6.68. The van der Waals surface area contributed by atoms with Gasteiger partial charge in [-0.2, -0.15) is 0 Å². The molecule has 0 saturated carbocycles. The molecule has 10 unspecified atom stereocenters. The predicted molar refractivity (Wildman–Crippen MR) is 242 cm³/mol. The minimum absolute atomic E-state index is 0.0721. The molecule has 0 amide bonds. The summed E-state index contributed by atoms with van der Waals surface area (Å²) in [5.74, 6) is 1.51. The van der Waals surface area contributed by atoms with Gasteiger partial charge in [0.1, 0.15) is 6.10 Å². The van der Waals surface area contributed by atoms with Crippen LogP contribution in [0.4, 0.5) is 11.4 Å². The van der Waals surface area contributed by atoms with E-state index in [0.717, 1.165) is 38.5 Å². The van der Waals surface area contributed by atoms with Crippen LogP contribution in [-0.2, 0) is 4.74 Å². The molecule has 3 aromatic rings. The molecule has 60 heavy (non-hydrogen) atoms. The highest BCUT2D eigenvalue weighted by Crippen LogP contribution is 2.50. The average Bonchev–Trinajstić information content (AvgIpc) is 3.92. The lowest BCUT2D eigenvalue weighted by Crippen LogP contribution is -2.52. The van der Waals surface area contributed by atoms with Crippen molar-refractivity contribution in [2.45, 2.75) is 81.1 Å². The Kier molecular flexibility index (Phi) is 9.03. The minimum atomic E-state index is -0.113. The topological polar surface area (TPSA) is 60.6 Å². The Morgan fingerprint density at radius 2 is 1.57 bits per heavy atom. The largest absolute Gasteiger partial charge is 0.377 e. The second-order valence-corrected chi connectivity index (χ2v) is 17.9. The van der Waals surface area contributed by atoms with E-state index in [-0.39, 0.29) is 36.6 Å². The second-order valence-electron chi connectivity index (χ2n) is 17.9. The summed E-state index contributed by atoms with van der Waals surface area (Å²) in [6.45, 7) is 0. The van der Waals surface area contributed by atoms with Gasteiger partial charge in [-0.05, 0) is 96.7 Å². The highest BCUT2D eigenvalue weighted by atomic mass is 16.5. The molecule has 2 saturated heterocycles.